The average molecular weight is 410 g/mol. The van der Waals surface area contributed by atoms with E-state index in [0.717, 1.165) is 30.1 Å². The molecule has 0 saturated heterocycles. The zero-order valence-electron chi connectivity index (χ0n) is 18.0. The third-order valence-electron chi connectivity index (χ3n) is 4.93. The minimum Gasteiger partial charge on any atom is -0.477 e. The molecule has 0 bridgehead atoms. The molecule has 1 saturated carbocycles. The predicted octanol–water partition coefficient (Wildman–Crippen LogP) is 2.48. The summed E-state index contributed by atoms with van der Waals surface area (Å²) in [5.41, 5.74) is 2.91. The zero-order chi connectivity index (χ0) is 21.3. The van der Waals surface area contributed by atoms with Gasteiger partial charge in [-0.3, -0.25) is 9.79 Å². The van der Waals surface area contributed by atoms with Crippen LogP contribution in [0.3, 0.4) is 0 Å². The molecular weight excluding hydrogens is 378 g/mol. The first-order valence-electron chi connectivity index (χ1n) is 10.4. The van der Waals surface area contributed by atoms with Crippen molar-refractivity contribution in [3.63, 3.8) is 0 Å². The molecule has 2 N–H and O–H groups in total. The number of ether oxygens (including phenoxy) is 1. The molecule has 7 heteroatoms. The highest BCUT2D eigenvalue weighted by atomic mass is 16.5. The van der Waals surface area contributed by atoms with Crippen LogP contribution in [-0.2, 0) is 13.0 Å². The second-order valence-corrected chi connectivity index (χ2v) is 7.76. The standard InChI is InChI=1S/C23H31N5O2/c1-24-23(26-12-9-17-5-4-6-20(13-17)22(29)28(2)3)27-15-19-10-11-25-21(14-19)30-16-18-7-8-18/h4-6,10-11,13-14,18H,7-9,12,15-16H2,1-3H3,(H2,24,26,27). The summed E-state index contributed by atoms with van der Waals surface area (Å²) in [7, 11) is 5.27. The fourth-order valence-corrected chi connectivity index (χ4v) is 2.98. The minimum atomic E-state index is 0.0140. The average Bonchev–Trinajstić information content (AvgIpc) is 3.59. The Morgan fingerprint density at radius 3 is 2.77 bits per heavy atom. The van der Waals surface area contributed by atoms with Crippen molar-refractivity contribution in [1.29, 1.82) is 0 Å². The van der Waals surface area contributed by atoms with Gasteiger partial charge in [0.05, 0.1) is 6.61 Å². The number of amides is 1. The Morgan fingerprint density at radius 2 is 2.03 bits per heavy atom. The molecule has 2 aromatic rings. The molecule has 0 radical (unpaired) electrons. The summed E-state index contributed by atoms with van der Waals surface area (Å²) in [5, 5.41) is 6.63. The predicted molar refractivity (Wildman–Crippen MR) is 119 cm³/mol. The summed E-state index contributed by atoms with van der Waals surface area (Å²) in [5.74, 6) is 2.13. The van der Waals surface area contributed by atoms with Crippen LogP contribution in [0.1, 0.15) is 34.3 Å². The van der Waals surface area contributed by atoms with Crippen LogP contribution in [0.4, 0.5) is 0 Å². The van der Waals surface area contributed by atoms with Crippen LogP contribution < -0.4 is 15.4 Å². The van der Waals surface area contributed by atoms with E-state index in [4.69, 9.17) is 4.74 Å². The summed E-state index contributed by atoms with van der Waals surface area (Å²) in [4.78, 5) is 22.3. The normalized spacial score (nSPS) is 13.6. The monoisotopic (exact) mass is 409 g/mol. The van der Waals surface area contributed by atoms with Gasteiger partial charge in [-0.1, -0.05) is 12.1 Å². The quantitative estimate of drug-likeness (QED) is 0.491. The second kappa shape index (κ2) is 10.6. The van der Waals surface area contributed by atoms with E-state index in [-0.39, 0.29) is 5.91 Å². The van der Waals surface area contributed by atoms with Gasteiger partial charge in [-0.25, -0.2) is 4.98 Å². The Kier molecular flexibility index (Phi) is 7.65. The first-order valence-corrected chi connectivity index (χ1v) is 10.4. The third-order valence-corrected chi connectivity index (χ3v) is 4.93. The Morgan fingerprint density at radius 1 is 1.20 bits per heavy atom. The Labute approximate surface area is 178 Å². The molecule has 1 aliphatic rings. The molecule has 1 heterocycles. The lowest BCUT2D eigenvalue weighted by molar-refractivity contribution is 0.0827. The first-order chi connectivity index (χ1) is 14.5. The zero-order valence-corrected chi connectivity index (χ0v) is 18.0. The number of nitrogens with one attached hydrogen (secondary N) is 2. The fraction of sp³-hybridized carbons (Fsp3) is 0.435. The summed E-state index contributed by atoms with van der Waals surface area (Å²) in [6.45, 7) is 2.11. The van der Waals surface area contributed by atoms with E-state index in [9.17, 15) is 4.79 Å². The lowest BCUT2D eigenvalue weighted by Crippen LogP contribution is -2.37. The van der Waals surface area contributed by atoms with E-state index in [1.54, 1.807) is 32.2 Å². The van der Waals surface area contributed by atoms with Gasteiger partial charge in [-0.2, -0.15) is 0 Å². The van der Waals surface area contributed by atoms with Crippen molar-refractivity contribution in [2.75, 3.05) is 34.3 Å². The molecule has 0 aliphatic heterocycles. The van der Waals surface area contributed by atoms with Gasteiger partial charge in [0.15, 0.2) is 5.96 Å². The van der Waals surface area contributed by atoms with Crippen molar-refractivity contribution >= 4 is 11.9 Å². The maximum atomic E-state index is 12.1. The highest BCUT2D eigenvalue weighted by Crippen LogP contribution is 2.29. The third kappa shape index (κ3) is 6.76. The number of pyridine rings is 1. The summed E-state index contributed by atoms with van der Waals surface area (Å²) < 4.78 is 5.75. The molecule has 1 aromatic heterocycles. The Hall–Kier alpha value is -3.09. The number of nitrogens with zero attached hydrogens (tertiary/aromatic N) is 3. The van der Waals surface area contributed by atoms with Gasteiger partial charge < -0.3 is 20.3 Å². The lowest BCUT2D eigenvalue weighted by atomic mass is 10.1. The summed E-state index contributed by atoms with van der Waals surface area (Å²) in [6.07, 6.45) is 5.10. The van der Waals surface area contributed by atoms with Crippen molar-refractivity contribution in [3.8, 4) is 5.88 Å². The number of hydrogen-bond acceptors (Lipinski definition) is 4. The minimum absolute atomic E-state index is 0.0140. The summed E-state index contributed by atoms with van der Waals surface area (Å²) in [6, 6.07) is 11.7. The van der Waals surface area contributed by atoms with Crippen molar-refractivity contribution < 1.29 is 9.53 Å². The fourth-order valence-electron chi connectivity index (χ4n) is 2.98. The largest absolute Gasteiger partial charge is 0.477 e. The van der Waals surface area contributed by atoms with E-state index in [2.05, 4.69) is 20.6 Å². The smallest absolute Gasteiger partial charge is 0.253 e. The molecule has 1 aromatic carbocycles. The highest BCUT2D eigenvalue weighted by molar-refractivity contribution is 5.94. The first kappa shape index (κ1) is 21.6. The van der Waals surface area contributed by atoms with E-state index in [0.29, 0.717) is 30.5 Å². The highest BCUT2D eigenvalue weighted by Gasteiger charge is 2.22. The molecule has 160 valence electrons. The van der Waals surface area contributed by atoms with Crippen molar-refractivity contribution in [3.05, 3.63) is 59.3 Å². The number of benzene rings is 1. The molecule has 7 nitrogen and oxygen atoms in total. The molecule has 0 unspecified atom stereocenters. The van der Waals surface area contributed by atoms with Crippen molar-refractivity contribution in [1.82, 2.24) is 20.5 Å². The van der Waals surface area contributed by atoms with E-state index in [1.165, 1.54) is 12.8 Å². The van der Waals surface area contributed by atoms with Crippen molar-refractivity contribution in [2.45, 2.75) is 25.8 Å². The van der Waals surface area contributed by atoms with Crippen LogP contribution in [-0.4, -0.2) is 56.0 Å². The number of hydrogen-bond donors (Lipinski definition) is 2. The van der Waals surface area contributed by atoms with Crippen molar-refractivity contribution in [2.24, 2.45) is 10.9 Å². The van der Waals surface area contributed by atoms with Crippen LogP contribution in [0.5, 0.6) is 5.88 Å². The topological polar surface area (TPSA) is 78.9 Å². The lowest BCUT2D eigenvalue weighted by Gasteiger charge is -2.13. The molecule has 1 amide bonds. The van der Waals surface area contributed by atoms with Crippen LogP contribution >= 0.6 is 0 Å². The molecule has 0 spiro atoms. The van der Waals surface area contributed by atoms with Crippen LogP contribution in [0.25, 0.3) is 0 Å². The van der Waals surface area contributed by atoms with Crippen LogP contribution in [0.2, 0.25) is 0 Å². The molecule has 3 rings (SSSR count). The molecule has 1 fully saturated rings. The van der Waals surface area contributed by atoms with Gasteiger partial charge in [0.1, 0.15) is 0 Å². The molecular formula is C23H31N5O2. The maximum Gasteiger partial charge on any atom is 0.253 e. The van der Waals surface area contributed by atoms with Gasteiger partial charge >= 0.3 is 0 Å². The van der Waals surface area contributed by atoms with Crippen LogP contribution in [0.15, 0.2) is 47.6 Å². The van der Waals surface area contributed by atoms with Crippen LogP contribution in [0, 0.1) is 5.92 Å². The number of carbonyl (C=O) groups is 1. The number of aromatic nitrogens is 1. The number of rotatable bonds is 9. The van der Waals surface area contributed by atoms with E-state index in [1.807, 2.05) is 36.4 Å². The SMILES string of the molecule is CN=C(NCCc1cccc(C(=O)N(C)C)c1)NCc1ccnc(OCC2CC2)c1. The molecule has 30 heavy (non-hydrogen) atoms. The maximum absolute atomic E-state index is 12.1. The Bertz CT molecular complexity index is 877. The van der Waals surface area contributed by atoms with Gasteiger partial charge in [0.2, 0.25) is 5.88 Å². The van der Waals surface area contributed by atoms with Gasteiger partial charge in [-0.05, 0) is 54.5 Å². The number of carbonyl (C=O) groups excluding carboxylic acids is 1. The number of aliphatic imine (C=N–C) groups is 1. The van der Waals surface area contributed by atoms with E-state index < -0.39 is 0 Å². The molecule has 0 atom stereocenters. The number of guanidine groups is 1. The van der Waals surface area contributed by atoms with Gasteiger partial charge in [-0.15, -0.1) is 0 Å². The van der Waals surface area contributed by atoms with Gasteiger partial charge in [0.25, 0.3) is 5.91 Å². The Balaban J connectivity index is 1.44. The second-order valence-electron chi connectivity index (χ2n) is 7.76. The van der Waals surface area contributed by atoms with Gasteiger partial charge in [0, 0.05) is 52.1 Å². The molecule has 1 aliphatic carbocycles. The van der Waals surface area contributed by atoms with E-state index >= 15 is 0 Å². The summed E-state index contributed by atoms with van der Waals surface area (Å²) >= 11 is 0.